The summed E-state index contributed by atoms with van der Waals surface area (Å²) in [5.41, 5.74) is -2.12. The highest BCUT2D eigenvalue weighted by Gasteiger charge is 2.73. The number of nitrogens with one attached hydrogen (secondary N) is 2. The number of fused-ring (bicyclic) bond motifs is 4. The van der Waals surface area contributed by atoms with Gasteiger partial charge >= 0.3 is 0 Å². The highest BCUT2D eigenvalue weighted by molar-refractivity contribution is 6.16. The SMILES string of the molecule is CCCN1CC=C2C(C#N)C(=N)C(C#N)(C#N)[C@@]3(C(=O)Nc4ccccc43)[C@H]2C1. The molecule has 2 N–H and O–H groups in total. The predicted molar refractivity (Wildman–Crippen MR) is 106 cm³/mol. The Morgan fingerprint density at radius 3 is 2.66 bits per heavy atom. The summed E-state index contributed by atoms with van der Waals surface area (Å²) in [5.74, 6) is -1.96. The number of nitriles is 3. The predicted octanol–water partition coefficient (Wildman–Crippen LogP) is 2.35. The second-order valence-electron chi connectivity index (χ2n) is 7.77. The molecule has 4 rings (SSSR count). The minimum absolute atomic E-state index is 0.303. The maximum atomic E-state index is 13.6. The summed E-state index contributed by atoms with van der Waals surface area (Å²) in [6.45, 7) is 3.95. The first-order chi connectivity index (χ1) is 14.0. The Balaban J connectivity index is 2.07. The third-order valence-electron chi connectivity index (χ3n) is 6.53. The highest BCUT2D eigenvalue weighted by atomic mass is 16.2. The first kappa shape index (κ1) is 18.9. The fourth-order valence-corrected chi connectivity index (χ4v) is 5.33. The normalized spacial score (nSPS) is 29.7. The van der Waals surface area contributed by atoms with E-state index in [1.54, 1.807) is 24.3 Å². The van der Waals surface area contributed by atoms with Gasteiger partial charge in [0.2, 0.25) is 11.3 Å². The molecule has 1 aromatic rings. The molecule has 3 atom stereocenters. The van der Waals surface area contributed by atoms with Crippen molar-refractivity contribution in [3.05, 3.63) is 41.5 Å². The molecule has 0 bridgehead atoms. The van der Waals surface area contributed by atoms with Crippen molar-refractivity contribution in [3.63, 3.8) is 0 Å². The number of amides is 1. The molecule has 1 spiro atoms. The standard InChI is InChI=1S/C22H20N6O/c1-2-8-28-9-7-14-15(10-23)19(26)21(12-24,13-25)22(17(14)11-28)16-5-3-4-6-18(16)27-20(22)29/h3-7,15,17,26H,2,8-9,11H2,1H3,(H,27,29)/t15?,17-,22+/m0/s1. The molecule has 1 aromatic carbocycles. The van der Waals surface area contributed by atoms with Crippen molar-refractivity contribution >= 4 is 17.3 Å². The Morgan fingerprint density at radius 1 is 1.28 bits per heavy atom. The molecule has 1 fully saturated rings. The number of nitrogens with zero attached hydrogens (tertiary/aromatic N) is 4. The zero-order chi connectivity index (χ0) is 20.8. The lowest BCUT2D eigenvalue weighted by atomic mass is 9.45. The van der Waals surface area contributed by atoms with E-state index in [9.17, 15) is 20.6 Å². The van der Waals surface area contributed by atoms with Gasteiger partial charge in [0.05, 0.1) is 23.9 Å². The molecule has 1 unspecified atom stereocenters. The lowest BCUT2D eigenvalue weighted by Crippen LogP contribution is -2.66. The molecule has 0 radical (unpaired) electrons. The molecule has 2 aliphatic heterocycles. The van der Waals surface area contributed by atoms with Gasteiger partial charge < -0.3 is 10.7 Å². The van der Waals surface area contributed by atoms with Crippen LogP contribution in [0.4, 0.5) is 5.69 Å². The number of rotatable bonds is 2. The summed E-state index contributed by atoms with van der Waals surface area (Å²) in [5, 5.41) is 41.8. The van der Waals surface area contributed by atoms with E-state index in [1.807, 2.05) is 18.2 Å². The van der Waals surface area contributed by atoms with Gasteiger partial charge in [0, 0.05) is 24.7 Å². The first-order valence-electron chi connectivity index (χ1n) is 9.66. The third-order valence-corrected chi connectivity index (χ3v) is 6.53. The van der Waals surface area contributed by atoms with Crippen LogP contribution in [0.1, 0.15) is 18.9 Å². The van der Waals surface area contributed by atoms with Crippen LogP contribution in [-0.2, 0) is 10.2 Å². The molecule has 1 amide bonds. The molecule has 2 heterocycles. The second-order valence-corrected chi connectivity index (χ2v) is 7.77. The van der Waals surface area contributed by atoms with Crippen LogP contribution >= 0.6 is 0 Å². The summed E-state index contributed by atoms with van der Waals surface area (Å²) >= 11 is 0. The fourth-order valence-electron chi connectivity index (χ4n) is 5.33. The summed E-state index contributed by atoms with van der Waals surface area (Å²) in [4.78, 5) is 15.7. The summed E-state index contributed by atoms with van der Waals surface area (Å²) in [7, 11) is 0. The van der Waals surface area contributed by atoms with E-state index < -0.39 is 28.6 Å². The van der Waals surface area contributed by atoms with Gasteiger partial charge in [-0.05, 0) is 30.2 Å². The molecule has 1 aliphatic carbocycles. The van der Waals surface area contributed by atoms with Gasteiger partial charge in [-0.3, -0.25) is 9.69 Å². The van der Waals surface area contributed by atoms with Gasteiger partial charge in [-0.15, -0.1) is 0 Å². The monoisotopic (exact) mass is 384 g/mol. The zero-order valence-electron chi connectivity index (χ0n) is 16.1. The first-order valence-corrected chi connectivity index (χ1v) is 9.66. The van der Waals surface area contributed by atoms with Crippen LogP contribution in [0.15, 0.2) is 35.9 Å². The van der Waals surface area contributed by atoms with Gasteiger partial charge in [0.15, 0.2) is 0 Å². The van der Waals surface area contributed by atoms with Crippen LogP contribution in [0, 0.1) is 56.7 Å². The Labute approximate surface area is 169 Å². The van der Waals surface area contributed by atoms with E-state index >= 15 is 0 Å². The Morgan fingerprint density at radius 2 is 2.00 bits per heavy atom. The Hall–Kier alpha value is -3.47. The number of benzene rings is 1. The molecule has 0 aromatic heterocycles. The molecular formula is C22H20N6O. The van der Waals surface area contributed by atoms with Crippen LogP contribution in [0.2, 0.25) is 0 Å². The Kier molecular flexibility index (Phi) is 4.26. The van der Waals surface area contributed by atoms with E-state index in [-0.39, 0.29) is 5.71 Å². The minimum atomic E-state index is -2.05. The molecular weight excluding hydrogens is 364 g/mol. The molecule has 0 saturated heterocycles. The maximum absolute atomic E-state index is 13.6. The molecule has 144 valence electrons. The number of hydrogen-bond donors (Lipinski definition) is 2. The van der Waals surface area contributed by atoms with Crippen molar-refractivity contribution in [1.29, 1.82) is 21.2 Å². The van der Waals surface area contributed by atoms with Gasteiger partial charge in [0.25, 0.3) is 0 Å². The molecule has 3 aliphatic rings. The summed E-state index contributed by atoms with van der Waals surface area (Å²) in [6.07, 6.45) is 2.84. The van der Waals surface area contributed by atoms with Crippen LogP contribution in [0.5, 0.6) is 0 Å². The topological polar surface area (TPSA) is 128 Å². The van der Waals surface area contributed by atoms with Gasteiger partial charge in [-0.2, -0.15) is 15.8 Å². The number of para-hydroxylation sites is 1. The highest BCUT2D eigenvalue weighted by Crippen LogP contribution is 2.61. The Bertz CT molecular complexity index is 1050. The average molecular weight is 384 g/mol. The minimum Gasteiger partial charge on any atom is -0.325 e. The number of anilines is 1. The van der Waals surface area contributed by atoms with Crippen molar-refractivity contribution in [1.82, 2.24) is 4.90 Å². The molecule has 7 heteroatoms. The van der Waals surface area contributed by atoms with Crippen LogP contribution in [0.25, 0.3) is 0 Å². The van der Waals surface area contributed by atoms with Crippen LogP contribution in [-0.4, -0.2) is 36.2 Å². The van der Waals surface area contributed by atoms with E-state index in [1.165, 1.54) is 0 Å². The maximum Gasteiger partial charge on any atom is 0.238 e. The smallest absolute Gasteiger partial charge is 0.238 e. The second kappa shape index (κ2) is 6.55. The van der Waals surface area contributed by atoms with Gasteiger partial charge in [-0.25, -0.2) is 0 Å². The number of carbonyl (C=O) groups is 1. The summed E-state index contributed by atoms with van der Waals surface area (Å²) < 4.78 is 0. The average Bonchev–Trinajstić information content (AvgIpc) is 3.03. The van der Waals surface area contributed by atoms with E-state index in [0.29, 0.717) is 29.9 Å². The molecule has 29 heavy (non-hydrogen) atoms. The number of hydrogen-bond acceptors (Lipinski definition) is 6. The quantitative estimate of drug-likeness (QED) is 0.757. The van der Waals surface area contributed by atoms with Crippen LogP contribution < -0.4 is 5.32 Å². The van der Waals surface area contributed by atoms with Crippen molar-refractivity contribution in [2.24, 2.45) is 17.3 Å². The number of carbonyl (C=O) groups excluding carboxylic acids is 1. The van der Waals surface area contributed by atoms with Gasteiger partial charge in [-0.1, -0.05) is 31.2 Å². The van der Waals surface area contributed by atoms with Crippen molar-refractivity contribution < 1.29 is 4.79 Å². The summed E-state index contributed by atoms with van der Waals surface area (Å²) in [6, 6.07) is 13.2. The fraction of sp³-hybridized carbons (Fsp3) is 0.409. The third kappa shape index (κ3) is 2.13. The van der Waals surface area contributed by atoms with Crippen molar-refractivity contribution in [2.75, 3.05) is 25.0 Å². The molecule has 7 nitrogen and oxygen atoms in total. The molecule has 1 saturated carbocycles. The lowest BCUT2D eigenvalue weighted by molar-refractivity contribution is -0.125. The van der Waals surface area contributed by atoms with E-state index in [0.717, 1.165) is 13.0 Å². The van der Waals surface area contributed by atoms with Crippen molar-refractivity contribution in [3.8, 4) is 18.2 Å². The largest absolute Gasteiger partial charge is 0.325 e. The van der Waals surface area contributed by atoms with Crippen LogP contribution in [0.3, 0.4) is 0 Å². The zero-order valence-corrected chi connectivity index (χ0v) is 16.1. The van der Waals surface area contributed by atoms with Gasteiger partial charge in [0.1, 0.15) is 11.3 Å². The van der Waals surface area contributed by atoms with E-state index in [4.69, 9.17) is 5.41 Å². The van der Waals surface area contributed by atoms with Crippen molar-refractivity contribution in [2.45, 2.75) is 18.8 Å². The lowest BCUT2D eigenvalue weighted by Gasteiger charge is -2.52. The van der Waals surface area contributed by atoms with E-state index in [2.05, 4.69) is 23.2 Å².